The average Bonchev–Trinajstić information content (AvgIpc) is 2.76. The first-order valence-electron chi connectivity index (χ1n) is 9.71. The van der Waals surface area contributed by atoms with Gasteiger partial charge in [0.05, 0.1) is 11.4 Å². The molecule has 1 fully saturated rings. The number of halogens is 1. The largest absolute Gasteiger partial charge is 0.355 e. The van der Waals surface area contributed by atoms with Crippen LogP contribution in [0.1, 0.15) is 19.3 Å². The van der Waals surface area contributed by atoms with Gasteiger partial charge in [0.25, 0.3) is 0 Å². The molecule has 4 rings (SSSR count). The number of aromatic nitrogens is 2. The number of hydrogen-bond acceptors (Lipinski definition) is 4. The lowest BCUT2D eigenvalue weighted by Gasteiger charge is -2.27. The van der Waals surface area contributed by atoms with Gasteiger partial charge in [-0.05, 0) is 55.7 Å². The number of carbonyl (C=O) groups excluding carboxylic acids is 1. The number of benzene rings is 2. The Morgan fingerprint density at radius 3 is 2.48 bits per heavy atom. The molecule has 1 aromatic heterocycles. The van der Waals surface area contributed by atoms with Crippen LogP contribution in [-0.4, -0.2) is 29.3 Å². The van der Waals surface area contributed by atoms with Crippen molar-refractivity contribution in [1.82, 2.24) is 10.2 Å². The second-order valence-electron chi connectivity index (χ2n) is 6.96. The van der Waals surface area contributed by atoms with Crippen LogP contribution in [0.5, 0.6) is 0 Å². The number of piperidine rings is 1. The van der Waals surface area contributed by atoms with Crippen molar-refractivity contribution in [3.63, 3.8) is 0 Å². The summed E-state index contributed by atoms with van der Waals surface area (Å²) in [6.45, 7) is 2.04. The smallest absolute Gasteiger partial charge is 0.323 e. The molecule has 0 radical (unpaired) electrons. The van der Waals surface area contributed by atoms with Crippen LogP contribution in [0.2, 0.25) is 0 Å². The van der Waals surface area contributed by atoms with Gasteiger partial charge in [0.2, 0.25) is 0 Å². The zero-order valence-electron chi connectivity index (χ0n) is 15.9. The number of urea groups is 1. The predicted octanol–water partition coefficient (Wildman–Crippen LogP) is 4.92. The van der Waals surface area contributed by atoms with Gasteiger partial charge in [0.1, 0.15) is 5.82 Å². The number of nitrogens with zero attached hydrogens (tertiary/aromatic N) is 3. The molecule has 0 spiro atoms. The van der Waals surface area contributed by atoms with Crippen LogP contribution >= 0.6 is 0 Å². The van der Waals surface area contributed by atoms with Crippen molar-refractivity contribution in [3.05, 3.63) is 66.5 Å². The highest BCUT2D eigenvalue weighted by Gasteiger charge is 2.13. The summed E-state index contributed by atoms with van der Waals surface area (Å²) in [5, 5.41) is 13.9. The first-order valence-corrected chi connectivity index (χ1v) is 9.71. The van der Waals surface area contributed by atoms with Gasteiger partial charge in [-0.2, -0.15) is 0 Å². The minimum atomic E-state index is -0.515. The van der Waals surface area contributed by atoms with E-state index in [9.17, 15) is 9.18 Å². The summed E-state index contributed by atoms with van der Waals surface area (Å²) < 4.78 is 13.7. The standard InChI is InChI=1S/C22H22FN5O/c23-18-9-2-3-10-20(18)25-22(29)24-17-8-6-7-16(15-17)19-11-12-21(27-26-19)28-13-4-1-5-14-28/h2-3,6-12,15H,1,4-5,13-14H2,(H2,24,25,29). The molecular weight excluding hydrogens is 369 g/mol. The van der Waals surface area contributed by atoms with Crippen molar-refractivity contribution in [2.75, 3.05) is 28.6 Å². The van der Waals surface area contributed by atoms with Crippen LogP contribution in [0.25, 0.3) is 11.3 Å². The molecule has 7 heteroatoms. The maximum Gasteiger partial charge on any atom is 0.323 e. The predicted molar refractivity (Wildman–Crippen MR) is 113 cm³/mol. The quantitative estimate of drug-likeness (QED) is 0.662. The fraction of sp³-hybridized carbons (Fsp3) is 0.227. The molecular formula is C22H22FN5O. The molecule has 2 amide bonds. The third-order valence-corrected chi connectivity index (χ3v) is 4.87. The summed E-state index contributed by atoms with van der Waals surface area (Å²) in [6.07, 6.45) is 3.64. The normalized spacial score (nSPS) is 13.8. The van der Waals surface area contributed by atoms with Crippen molar-refractivity contribution in [3.8, 4) is 11.3 Å². The SMILES string of the molecule is O=C(Nc1cccc(-c2ccc(N3CCCCC3)nn2)c1)Nc1ccccc1F. The molecule has 1 saturated heterocycles. The number of hydrogen-bond donors (Lipinski definition) is 2. The Hall–Kier alpha value is -3.48. The summed E-state index contributed by atoms with van der Waals surface area (Å²) in [5.74, 6) is 0.410. The Balaban J connectivity index is 1.44. The van der Waals surface area contributed by atoms with Crippen molar-refractivity contribution in [2.45, 2.75) is 19.3 Å². The number of carbonyl (C=O) groups is 1. The van der Waals surface area contributed by atoms with Gasteiger partial charge in [-0.3, -0.25) is 0 Å². The maximum absolute atomic E-state index is 13.7. The average molecular weight is 391 g/mol. The van der Waals surface area contributed by atoms with E-state index in [1.165, 1.54) is 31.4 Å². The van der Waals surface area contributed by atoms with Crippen molar-refractivity contribution >= 4 is 23.2 Å². The Kier molecular flexibility index (Phi) is 5.65. The first kappa shape index (κ1) is 18.9. The van der Waals surface area contributed by atoms with E-state index in [0.717, 1.165) is 30.2 Å². The van der Waals surface area contributed by atoms with Crippen LogP contribution in [-0.2, 0) is 0 Å². The molecule has 2 aromatic carbocycles. The van der Waals surface area contributed by atoms with Crippen molar-refractivity contribution in [2.24, 2.45) is 0 Å². The molecule has 3 aromatic rings. The van der Waals surface area contributed by atoms with E-state index in [2.05, 4.69) is 25.7 Å². The minimum absolute atomic E-state index is 0.125. The van der Waals surface area contributed by atoms with Gasteiger partial charge in [0.15, 0.2) is 5.82 Å². The van der Waals surface area contributed by atoms with Crippen LogP contribution in [0.4, 0.5) is 26.4 Å². The molecule has 0 bridgehead atoms. The van der Waals surface area contributed by atoms with Gasteiger partial charge >= 0.3 is 6.03 Å². The van der Waals surface area contributed by atoms with Gasteiger partial charge < -0.3 is 15.5 Å². The van der Waals surface area contributed by atoms with Crippen molar-refractivity contribution < 1.29 is 9.18 Å². The highest BCUT2D eigenvalue weighted by Crippen LogP contribution is 2.23. The van der Waals surface area contributed by atoms with E-state index in [0.29, 0.717) is 5.69 Å². The lowest BCUT2D eigenvalue weighted by atomic mass is 10.1. The third kappa shape index (κ3) is 4.68. The maximum atomic E-state index is 13.7. The molecule has 6 nitrogen and oxygen atoms in total. The molecule has 0 unspecified atom stereocenters. The molecule has 1 aliphatic heterocycles. The molecule has 2 N–H and O–H groups in total. The van der Waals surface area contributed by atoms with E-state index in [1.807, 2.05) is 30.3 Å². The summed E-state index contributed by atoms with van der Waals surface area (Å²) in [4.78, 5) is 14.4. The van der Waals surface area contributed by atoms with Gasteiger partial charge in [0, 0.05) is 24.3 Å². The number of anilines is 3. The summed E-state index contributed by atoms with van der Waals surface area (Å²) in [5.41, 5.74) is 2.27. The molecule has 1 aliphatic rings. The Morgan fingerprint density at radius 2 is 1.72 bits per heavy atom. The minimum Gasteiger partial charge on any atom is -0.355 e. The highest BCUT2D eigenvalue weighted by molar-refractivity contribution is 6.00. The second-order valence-corrected chi connectivity index (χ2v) is 6.96. The molecule has 2 heterocycles. The number of nitrogens with one attached hydrogen (secondary N) is 2. The van der Waals surface area contributed by atoms with Crippen LogP contribution in [0.15, 0.2) is 60.7 Å². The fourth-order valence-corrected chi connectivity index (χ4v) is 3.37. The number of rotatable bonds is 4. The first-order chi connectivity index (χ1) is 14.2. The number of amides is 2. The topological polar surface area (TPSA) is 70.2 Å². The Morgan fingerprint density at radius 1 is 0.897 bits per heavy atom. The molecule has 0 aliphatic carbocycles. The van der Waals surface area contributed by atoms with Crippen LogP contribution in [0.3, 0.4) is 0 Å². The van der Waals surface area contributed by atoms with E-state index < -0.39 is 11.8 Å². The zero-order valence-corrected chi connectivity index (χ0v) is 15.9. The third-order valence-electron chi connectivity index (χ3n) is 4.87. The lowest BCUT2D eigenvalue weighted by Crippen LogP contribution is -2.30. The van der Waals surface area contributed by atoms with E-state index in [4.69, 9.17) is 0 Å². The van der Waals surface area contributed by atoms with Gasteiger partial charge in [-0.15, -0.1) is 10.2 Å². The summed E-state index contributed by atoms with van der Waals surface area (Å²) in [7, 11) is 0. The molecule has 29 heavy (non-hydrogen) atoms. The Bertz CT molecular complexity index is 987. The van der Waals surface area contributed by atoms with Crippen LogP contribution in [0, 0.1) is 5.82 Å². The van der Waals surface area contributed by atoms with Crippen molar-refractivity contribution in [1.29, 1.82) is 0 Å². The Labute approximate surface area is 168 Å². The lowest BCUT2D eigenvalue weighted by molar-refractivity contribution is 0.262. The van der Waals surface area contributed by atoms with E-state index >= 15 is 0 Å². The summed E-state index contributed by atoms with van der Waals surface area (Å²) in [6, 6.07) is 16.7. The fourth-order valence-electron chi connectivity index (χ4n) is 3.37. The molecule has 148 valence electrons. The summed E-state index contributed by atoms with van der Waals surface area (Å²) >= 11 is 0. The molecule has 0 atom stereocenters. The monoisotopic (exact) mass is 391 g/mol. The highest BCUT2D eigenvalue weighted by atomic mass is 19.1. The van der Waals surface area contributed by atoms with Crippen LogP contribution < -0.4 is 15.5 Å². The van der Waals surface area contributed by atoms with E-state index in [1.54, 1.807) is 18.2 Å². The number of para-hydroxylation sites is 1. The second kappa shape index (κ2) is 8.68. The van der Waals surface area contributed by atoms with E-state index in [-0.39, 0.29) is 5.69 Å². The van der Waals surface area contributed by atoms with Gasteiger partial charge in [-0.25, -0.2) is 9.18 Å². The zero-order chi connectivity index (χ0) is 20.1. The van der Waals surface area contributed by atoms with Gasteiger partial charge in [-0.1, -0.05) is 24.3 Å². The molecule has 0 saturated carbocycles.